The van der Waals surface area contributed by atoms with Crippen LogP contribution in [0.25, 0.3) is 0 Å². The predicted molar refractivity (Wildman–Crippen MR) is 73.9 cm³/mol. The number of hydrogen-bond acceptors (Lipinski definition) is 2. The van der Waals surface area contributed by atoms with Crippen molar-refractivity contribution in [2.75, 3.05) is 6.61 Å². The highest BCUT2D eigenvalue weighted by Gasteiger charge is 2.33. The predicted octanol–water partition coefficient (Wildman–Crippen LogP) is 3.29. The van der Waals surface area contributed by atoms with Gasteiger partial charge in [0.2, 0.25) is 0 Å². The molecule has 0 aromatic heterocycles. The van der Waals surface area contributed by atoms with Crippen molar-refractivity contribution in [2.24, 2.45) is 5.41 Å². The third-order valence-corrected chi connectivity index (χ3v) is 4.56. The lowest BCUT2D eigenvalue weighted by Gasteiger charge is -2.28. The molecule has 1 fully saturated rings. The summed E-state index contributed by atoms with van der Waals surface area (Å²) in [5, 5.41) is 3.74. The van der Waals surface area contributed by atoms with Gasteiger partial charge in [-0.15, -0.1) is 0 Å². The fourth-order valence-electron chi connectivity index (χ4n) is 3.30. The van der Waals surface area contributed by atoms with Gasteiger partial charge in [0.05, 0.1) is 6.61 Å². The second kappa shape index (κ2) is 4.58. The molecular weight excluding hydrogens is 222 g/mol. The molecule has 1 N–H and O–H groups in total. The summed E-state index contributed by atoms with van der Waals surface area (Å²) in [6.07, 6.45) is 5.10. The number of hydrogen-bond donors (Lipinski definition) is 1. The van der Waals surface area contributed by atoms with Crippen LogP contribution < -0.4 is 10.1 Å². The molecule has 1 atom stereocenters. The molecule has 0 bridgehead atoms. The van der Waals surface area contributed by atoms with Gasteiger partial charge in [-0.05, 0) is 35.4 Å². The summed E-state index contributed by atoms with van der Waals surface area (Å²) < 4.78 is 5.54. The molecule has 0 spiro atoms. The maximum atomic E-state index is 5.54. The molecule has 1 aliphatic carbocycles. The fourth-order valence-corrected chi connectivity index (χ4v) is 3.30. The minimum atomic E-state index is 0.458. The zero-order chi connectivity index (χ0) is 12.6. The van der Waals surface area contributed by atoms with Crippen LogP contribution in [0.5, 0.6) is 5.75 Å². The molecule has 0 amide bonds. The van der Waals surface area contributed by atoms with Gasteiger partial charge in [-0.1, -0.05) is 32.4 Å². The van der Waals surface area contributed by atoms with Gasteiger partial charge in [0.1, 0.15) is 5.75 Å². The van der Waals surface area contributed by atoms with Gasteiger partial charge in [0.15, 0.2) is 0 Å². The zero-order valence-electron chi connectivity index (χ0n) is 11.5. The van der Waals surface area contributed by atoms with E-state index >= 15 is 0 Å². The van der Waals surface area contributed by atoms with Gasteiger partial charge in [-0.25, -0.2) is 0 Å². The molecule has 1 heterocycles. The highest BCUT2D eigenvalue weighted by molar-refractivity contribution is 5.39. The number of rotatable bonds is 3. The molecule has 0 radical (unpaired) electrons. The number of ether oxygens (including phenoxy) is 1. The van der Waals surface area contributed by atoms with Crippen LogP contribution >= 0.6 is 0 Å². The SMILES string of the molecule is CC1(C)CCCC1NCc1ccc2c(c1)CCO2. The van der Waals surface area contributed by atoms with Crippen LogP contribution in [0.3, 0.4) is 0 Å². The van der Waals surface area contributed by atoms with E-state index in [4.69, 9.17) is 4.74 Å². The third kappa shape index (κ3) is 2.26. The second-order valence-electron chi connectivity index (χ2n) is 6.35. The lowest BCUT2D eigenvalue weighted by molar-refractivity contribution is 0.282. The van der Waals surface area contributed by atoms with Gasteiger partial charge in [0.25, 0.3) is 0 Å². The van der Waals surface area contributed by atoms with Gasteiger partial charge >= 0.3 is 0 Å². The molecule has 1 aromatic rings. The van der Waals surface area contributed by atoms with Crippen molar-refractivity contribution in [3.8, 4) is 5.75 Å². The normalized spacial score (nSPS) is 24.9. The first kappa shape index (κ1) is 12.0. The average molecular weight is 245 g/mol. The Bertz CT molecular complexity index is 439. The topological polar surface area (TPSA) is 21.3 Å². The fraction of sp³-hybridized carbons (Fsp3) is 0.625. The highest BCUT2D eigenvalue weighted by atomic mass is 16.5. The molecule has 18 heavy (non-hydrogen) atoms. The molecule has 1 aliphatic heterocycles. The molecule has 0 saturated heterocycles. The summed E-state index contributed by atoms with van der Waals surface area (Å²) in [6, 6.07) is 7.29. The Morgan fingerprint density at radius 1 is 1.39 bits per heavy atom. The van der Waals surface area contributed by atoms with Crippen LogP contribution in [-0.4, -0.2) is 12.6 Å². The number of benzene rings is 1. The summed E-state index contributed by atoms with van der Waals surface area (Å²) in [5.41, 5.74) is 3.22. The molecular formula is C16H23NO. The summed E-state index contributed by atoms with van der Waals surface area (Å²) >= 11 is 0. The first-order chi connectivity index (χ1) is 8.65. The highest BCUT2D eigenvalue weighted by Crippen LogP contribution is 2.37. The Hall–Kier alpha value is -1.02. The van der Waals surface area contributed by atoms with E-state index in [9.17, 15) is 0 Å². The first-order valence-electron chi connectivity index (χ1n) is 7.13. The minimum Gasteiger partial charge on any atom is -0.493 e. The van der Waals surface area contributed by atoms with Crippen molar-refractivity contribution in [2.45, 2.75) is 52.1 Å². The van der Waals surface area contributed by atoms with E-state index in [-0.39, 0.29) is 0 Å². The molecule has 1 unspecified atom stereocenters. The van der Waals surface area contributed by atoms with Gasteiger partial charge < -0.3 is 10.1 Å². The molecule has 2 heteroatoms. The average Bonchev–Trinajstić information content (AvgIpc) is 2.91. The van der Waals surface area contributed by atoms with Crippen molar-refractivity contribution in [3.05, 3.63) is 29.3 Å². The summed E-state index contributed by atoms with van der Waals surface area (Å²) in [4.78, 5) is 0. The summed E-state index contributed by atoms with van der Waals surface area (Å²) in [7, 11) is 0. The van der Waals surface area contributed by atoms with E-state index in [1.807, 2.05) is 0 Å². The standard InChI is InChI=1S/C16H23NO/c1-16(2)8-3-4-15(16)17-11-12-5-6-14-13(10-12)7-9-18-14/h5-6,10,15,17H,3-4,7-9,11H2,1-2H3. The largest absolute Gasteiger partial charge is 0.493 e. The van der Waals surface area contributed by atoms with Crippen molar-refractivity contribution in [1.29, 1.82) is 0 Å². The molecule has 98 valence electrons. The number of fused-ring (bicyclic) bond motifs is 1. The lowest BCUT2D eigenvalue weighted by Crippen LogP contribution is -2.37. The summed E-state index contributed by atoms with van der Waals surface area (Å²) in [5.74, 6) is 1.08. The maximum absolute atomic E-state index is 5.54. The molecule has 2 nitrogen and oxygen atoms in total. The quantitative estimate of drug-likeness (QED) is 0.882. The Morgan fingerprint density at radius 2 is 2.28 bits per heavy atom. The van der Waals surface area contributed by atoms with Crippen LogP contribution in [0.1, 0.15) is 44.2 Å². The Balaban J connectivity index is 1.63. The van der Waals surface area contributed by atoms with Crippen LogP contribution in [0.2, 0.25) is 0 Å². The van der Waals surface area contributed by atoms with Crippen LogP contribution in [0.15, 0.2) is 18.2 Å². The smallest absolute Gasteiger partial charge is 0.122 e. The molecule has 3 rings (SSSR count). The lowest BCUT2D eigenvalue weighted by atomic mass is 9.87. The van der Waals surface area contributed by atoms with E-state index in [1.54, 1.807) is 0 Å². The second-order valence-corrected chi connectivity index (χ2v) is 6.35. The van der Waals surface area contributed by atoms with E-state index in [1.165, 1.54) is 30.4 Å². The van der Waals surface area contributed by atoms with E-state index in [0.29, 0.717) is 11.5 Å². The van der Waals surface area contributed by atoms with Gasteiger partial charge in [0, 0.05) is 19.0 Å². The maximum Gasteiger partial charge on any atom is 0.122 e. The van der Waals surface area contributed by atoms with E-state index in [0.717, 1.165) is 25.3 Å². The van der Waals surface area contributed by atoms with E-state index < -0.39 is 0 Å². The molecule has 2 aliphatic rings. The van der Waals surface area contributed by atoms with Gasteiger partial charge in [-0.2, -0.15) is 0 Å². The zero-order valence-corrected chi connectivity index (χ0v) is 11.5. The summed E-state index contributed by atoms with van der Waals surface area (Å²) in [6.45, 7) is 6.60. The van der Waals surface area contributed by atoms with E-state index in [2.05, 4.69) is 37.4 Å². The van der Waals surface area contributed by atoms with Crippen molar-refractivity contribution in [3.63, 3.8) is 0 Å². The van der Waals surface area contributed by atoms with Crippen LogP contribution in [0, 0.1) is 5.41 Å². The van der Waals surface area contributed by atoms with Crippen molar-refractivity contribution < 1.29 is 4.74 Å². The molecule has 1 aromatic carbocycles. The Labute approximate surface area is 110 Å². The van der Waals surface area contributed by atoms with Crippen molar-refractivity contribution in [1.82, 2.24) is 5.32 Å². The first-order valence-corrected chi connectivity index (χ1v) is 7.13. The minimum absolute atomic E-state index is 0.458. The monoisotopic (exact) mass is 245 g/mol. The molecule has 1 saturated carbocycles. The number of nitrogens with one attached hydrogen (secondary N) is 1. The van der Waals surface area contributed by atoms with Gasteiger partial charge in [-0.3, -0.25) is 0 Å². The third-order valence-electron chi connectivity index (χ3n) is 4.56. The van der Waals surface area contributed by atoms with Crippen LogP contribution in [0.4, 0.5) is 0 Å². The Kier molecular flexibility index (Phi) is 3.06. The Morgan fingerprint density at radius 3 is 3.06 bits per heavy atom. The van der Waals surface area contributed by atoms with Crippen LogP contribution in [-0.2, 0) is 13.0 Å². The van der Waals surface area contributed by atoms with Crippen molar-refractivity contribution >= 4 is 0 Å².